The molecule has 0 radical (unpaired) electrons. The summed E-state index contributed by atoms with van der Waals surface area (Å²) in [6.45, 7) is 1.78. The number of imide groups is 1. The van der Waals surface area contributed by atoms with Crippen LogP contribution in [0.3, 0.4) is 0 Å². The SMILES string of the molecule is C[C@]12C=C[C@H](O1)[C@H]1C(=O)N(c3ccc(Cl)c(C(=O)[O-])c3)C(=O)[C@@H]12. The second-order valence-electron chi connectivity index (χ2n) is 6.09. The number of ether oxygens (including phenoxy) is 1. The van der Waals surface area contributed by atoms with E-state index in [1.807, 2.05) is 6.08 Å². The number of carbonyl (C=O) groups is 3. The van der Waals surface area contributed by atoms with Crippen LogP contribution in [0.2, 0.25) is 5.02 Å². The number of amides is 2. The minimum Gasteiger partial charge on any atom is -0.545 e. The number of benzene rings is 1. The number of aromatic carboxylic acids is 1. The van der Waals surface area contributed by atoms with Gasteiger partial charge in [0.25, 0.3) is 0 Å². The molecule has 2 fully saturated rings. The van der Waals surface area contributed by atoms with Crippen molar-refractivity contribution in [2.45, 2.75) is 18.6 Å². The molecular weight excluding hydrogens is 322 g/mol. The maximum absolute atomic E-state index is 12.8. The molecule has 2 bridgehead atoms. The van der Waals surface area contributed by atoms with Gasteiger partial charge in [-0.05, 0) is 25.1 Å². The average molecular weight is 333 g/mol. The summed E-state index contributed by atoms with van der Waals surface area (Å²) in [7, 11) is 0. The lowest BCUT2D eigenvalue weighted by Crippen LogP contribution is -2.38. The van der Waals surface area contributed by atoms with Crippen molar-refractivity contribution in [3.63, 3.8) is 0 Å². The van der Waals surface area contributed by atoms with Crippen LogP contribution >= 0.6 is 11.6 Å². The van der Waals surface area contributed by atoms with Crippen LogP contribution in [0.1, 0.15) is 17.3 Å². The van der Waals surface area contributed by atoms with Gasteiger partial charge in [-0.2, -0.15) is 0 Å². The van der Waals surface area contributed by atoms with E-state index < -0.39 is 29.5 Å². The van der Waals surface area contributed by atoms with Crippen LogP contribution in [0.25, 0.3) is 0 Å². The van der Waals surface area contributed by atoms with Crippen LogP contribution in [-0.4, -0.2) is 29.5 Å². The highest BCUT2D eigenvalue weighted by Crippen LogP contribution is 2.52. The molecule has 23 heavy (non-hydrogen) atoms. The lowest BCUT2D eigenvalue weighted by molar-refractivity contribution is -0.255. The highest BCUT2D eigenvalue weighted by atomic mass is 35.5. The van der Waals surface area contributed by atoms with E-state index in [-0.39, 0.29) is 28.1 Å². The summed E-state index contributed by atoms with van der Waals surface area (Å²) in [6, 6.07) is 3.97. The summed E-state index contributed by atoms with van der Waals surface area (Å²) in [5.41, 5.74) is -0.869. The number of hydrogen-bond acceptors (Lipinski definition) is 5. The standard InChI is InChI=1S/C16H12ClNO5/c1-16-5-4-10(23-16)11-12(16)14(20)18(13(11)19)7-2-3-9(17)8(6-7)15(21)22/h2-6,10-12H,1H3,(H,21,22)/p-1/t10-,11+,12+,16+/m0/s1. The first kappa shape index (κ1) is 14.4. The molecule has 0 N–H and O–H groups in total. The Kier molecular flexibility index (Phi) is 2.77. The fraction of sp³-hybridized carbons (Fsp3) is 0.312. The van der Waals surface area contributed by atoms with E-state index in [0.29, 0.717) is 0 Å². The van der Waals surface area contributed by atoms with Gasteiger partial charge < -0.3 is 14.6 Å². The van der Waals surface area contributed by atoms with Crippen molar-refractivity contribution in [1.29, 1.82) is 0 Å². The van der Waals surface area contributed by atoms with Crippen molar-refractivity contribution in [3.8, 4) is 0 Å². The molecule has 3 aliphatic rings. The fourth-order valence-corrected chi connectivity index (χ4v) is 3.91. The molecule has 0 saturated carbocycles. The summed E-state index contributed by atoms with van der Waals surface area (Å²) >= 11 is 5.81. The molecule has 3 heterocycles. The number of hydrogen-bond donors (Lipinski definition) is 0. The number of halogens is 1. The topological polar surface area (TPSA) is 86.7 Å². The number of carbonyl (C=O) groups excluding carboxylic acids is 3. The molecule has 7 heteroatoms. The second kappa shape index (κ2) is 4.43. The summed E-state index contributed by atoms with van der Waals surface area (Å²) in [5, 5.41) is 11.1. The molecule has 0 aromatic heterocycles. The zero-order chi connectivity index (χ0) is 16.5. The smallest absolute Gasteiger partial charge is 0.241 e. The van der Waals surface area contributed by atoms with Crippen molar-refractivity contribution in [2.24, 2.45) is 11.8 Å². The van der Waals surface area contributed by atoms with E-state index >= 15 is 0 Å². The molecule has 3 aliphatic heterocycles. The third kappa shape index (κ3) is 1.76. The van der Waals surface area contributed by atoms with Gasteiger partial charge in [-0.25, -0.2) is 4.90 Å². The third-order valence-electron chi connectivity index (χ3n) is 4.76. The van der Waals surface area contributed by atoms with Gasteiger partial charge in [-0.3, -0.25) is 9.59 Å². The molecule has 4 atom stereocenters. The van der Waals surface area contributed by atoms with Gasteiger partial charge in [-0.1, -0.05) is 23.8 Å². The van der Waals surface area contributed by atoms with Crippen LogP contribution in [0.5, 0.6) is 0 Å². The Morgan fingerprint density at radius 2 is 2.09 bits per heavy atom. The summed E-state index contributed by atoms with van der Waals surface area (Å²) in [4.78, 5) is 37.6. The van der Waals surface area contributed by atoms with E-state index in [9.17, 15) is 19.5 Å². The monoisotopic (exact) mass is 332 g/mol. The first-order valence-electron chi connectivity index (χ1n) is 7.09. The first-order chi connectivity index (χ1) is 10.8. The molecule has 6 nitrogen and oxygen atoms in total. The van der Waals surface area contributed by atoms with Crippen LogP contribution in [0.4, 0.5) is 5.69 Å². The second-order valence-corrected chi connectivity index (χ2v) is 6.50. The molecule has 2 saturated heterocycles. The minimum atomic E-state index is -1.46. The predicted molar refractivity (Wildman–Crippen MR) is 77.7 cm³/mol. The van der Waals surface area contributed by atoms with Crippen LogP contribution in [0.15, 0.2) is 30.4 Å². The zero-order valence-corrected chi connectivity index (χ0v) is 12.7. The Balaban J connectivity index is 1.78. The lowest BCUT2D eigenvalue weighted by atomic mass is 9.78. The van der Waals surface area contributed by atoms with Crippen molar-refractivity contribution < 1.29 is 24.2 Å². The number of fused-ring (bicyclic) bond motifs is 5. The zero-order valence-electron chi connectivity index (χ0n) is 12.0. The summed E-state index contributed by atoms with van der Waals surface area (Å²) < 4.78 is 5.73. The predicted octanol–water partition coefficient (Wildman–Crippen LogP) is 0.536. The maximum atomic E-state index is 12.8. The van der Waals surface area contributed by atoms with Gasteiger partial charge in [0.05, 0.1) is 35.2 Å². The van der Waals surface area contributed by atoms with Crippen molar-refractivity contribution in [1.82, 2.24) is 0 Å². The van der Waals surface area contributed by atoms with Gasteiger partial charge in [0, 0.05) is 10.6 Å². The third-order valence-corrected chi connectivity index (χ3v) is 5.09. The molecule has 1 aromatic rings. The normalized spacial score (nSPS) is 34.3. The first-order valence-corrected chi connectivity index (χ1v) is 7.47. The molecule has 2 amide bonds. The van der Waals surface area contributed by atoms with Crippen LogP contribution in [0, 0.1) is 11.8 Å². The molecular formula is C16H11ClNO5-. The van der Waals surface area contributed by atoms with Gasteiger partial charge in [0.15, 0.2) is 0 Å². The van der Waals surface area contributed by atoms with E-state index in [2.05, 4.69) is 0 Å². The molecule has 1 aromatic carbocycles. The minimum absolute atomic E-state index is 0.00919. The fourth-order valence-electron chi connectivity index (χ4n) is 3.72. The quantitative estimate of drug-likeness (QED) is 0.582. The molecule has 118 valence electrons. The molecule has 0 spiro atoms. The van der Waals surface area contributed by atoms with E-state index in [4.69, 9.17) is 16.3 Å². The number of rotatable bonds is 2. The Bertz CT molecular complexity index is 804. The highest BCUT2D eigenvalue weighted by molar-refractivity contribution is 6.33. The average Bonchev–Trinajstić information content (AvgIpc) is 3.09. The maximum Gasteiger partial charge on any atom is 0.241 e. The van der Waals surface area contributed by atoms with Crippen molar-refractivity contribution >= 4 is 35.1 Å². The highest BCUT2D eigenvalue weighted by Gasteiger charge is 2.66. The van der Waals surface area contributed by atoms with E-state index in [1.54, 1.807) is 13.0 Å². The summed E-state index contributed by atoms with van der Waals surface area (Å²) in [6.07, 6.45) is 3.19. The Morgan fingerprint density at radius 1 is 1.35 bits per heavy atom. The molecule has 4 rings (SSSR count). The van der Waals surface area contributed by atoms with Crippen LogP contribution in [-0.2, 0) is 14.3 Å². The van der Waals surface area contributed by atoms with Crippen molar-refractivity contribution in [2.75, 3.05) is 4.90 Å². The number of carboxylic acid groups (broad SMARTS) is 1. The summed E-state index contributed by atoms with van der Waals surface area (Å²) in [5.74, 6) is -3.40. The number of anilines is 1. The number of carboxylic acids is 1. The molecule has 0 aliphatic carbocycles. The van der Waals surface area contributed by atoms with Gasteiger partial charge >= 0.3 is 0 Å². The van der Waals surface area contributed by atoms with Gasteiger partial charge in [0.2, 0.25) is 11.8 Å². The van der Waals surface area contributed by atoms with Gasteiger partial charge in [-0.15, -0.1) is 0 Å². The Morgan fingerprint density at radius 3 is 2.74 bits per heavy atom. The van der Waals surface area contributed by atoms with E-state index in [1.165, 1.54) is 18.2 Å². The van der Waals surface area contributed by atoms with Crippen molar-refractivity contribution in [3.05, 3.63) is 40.9 Å². The number of nitrogens with zero attached hydrogens (tertiary/aromatic N) is 1. The largest absolute Gasteiger partial charge is 0.545 e. The Hall–Kier alpha value is -2.18. The lowest BCUT2D eigenvalue weighted by Gasteiger charge is -2.24. The molecule has 0 unspecified atom stereocenters. The van der Waals surface area contributed by atoms with E-state index in [0.717, 1.165) is 4.90 Å². The van der Waals surface area contributed by atoms with Gasteiger partial charge in [0.1, 0.15) is 0 Å². The Labute approximate surface area is 136 Å². The van der Waals surface area contributed by atoms with Crippen LogP contribution < -0.4 is 10.0 Å².